The Balaban J connectivity index is 2.05. The molecule has 5 nitrogen and oxygen atoms in total. The smallest absolute Gasteiger partial charge is 0.259 e. The van der Waals surface area contributed by atoms with Crippen molar-refractivity contribution < 1.29 is 4.79 Å². The monoisotopic (exact) mass is 222 g/mol. The Kier molecular flexibility index (Phi) is 2.61. The summed E-state index contributed by atoms with van der Waals surface area (Å²) in [4.78, 5) is 13.9. The van der Waals surface area contributed by atoms with E-state index >= 15 is 0 Å². The predicted molar refractivity (Wildman–Crippen MR) is 61.9 cm³/mol. The number of nitrogens with two attached hydrogens (primary N) is 1. The molecule has 1 aromatic heterocycles. The molecule has 0 radical (unpaired) electrons. The summed E-state index contributed by atoms with van der Waals surface area (Å²) in [5.74, 6) is 0.344. The summed E-state index contributed by atoms with van der Waals surface area (Å²) in [6, 6.07) is 0. The first-order valence-corrected chi connectivity index (χ1v) is 5.58. The maximum Gasteiger partial charge on any atom is 0.259 e. The summed E-state index contributed by atoms with van der Waals surface area (Å²) < 4.78 is 0. The number of likely N-dealkylation sites (tertiary alicyclic amines) is 1. The fourth-order valence-corrected chi connectivity index (χ4v) is 1.95. The standard InChI is InChI=1S/C11H18N4O/c1-11(2)3-5-15(6-4-11)10(16)8-7-13-14-9(8)12/h7H,3-6H2,1-2H3,(H3,12,13,14). The highest BCUT2D eigenvalue weighted by Crippen LogP contribution is 2.30. The van der Waals surface area contributed by atoms with Gasteiger partial charge in [-0.25, -0.2) is 0 Å². The number of piperidine rings is 1. The lowest BCUT2D eigenvalue weighted by Crippen LogP contribution is -2.41. The van der Waals surface area contributed by atoms with E-state index in [2.05, 4.69) is 24.0 Å². The predicted octanol–water partition coefficient (Wildman–Crippen LogP) is 1.25. The highest BCUT2D eigenvalue weighted by atomic mass is 16.2. The van der Waals surface area contributed by atoms with Gasteiger partial charge in [0.15, 0.2) is 0 Å². The van der Waals surface area contributed by atoms with Crippen LogP contribution in [0.1, 0.15) is 37.0 Å². The number of hydrogen-bond donors (Lipinski definition) is 2. The minimum Gasteiger partial charge on any atom is -0.383 e. The van der Waals surface area contributed by atoms with Crippen LogP contribution in [0.15, 0.2) is 6.20 Å². The second-order valence-corrected chi connectivity index (χ2v) is 5.15. The molecule has 0 aromatic carbocycles. The molecule has 0 unspecified atom stereocenters. The number of rotatable bonds is 1. The fourth-order valence-electron chi connectivity index (χ4n) is 1.95. The Hall–Kier alpha value is -1.52. The molecule has 0 saturated carbocycles. The first-order valence-electron chi connectivity index (χ1n) is 5.58. The van der Waals surface area contributed by atoms with Crippen LogP contribution >= 0.6 is 0 Å². The van der Waals surface area contributed by atoms with Crippen molar-refractivity contribution in [3.05, 3.63) is 11.8 Å². The van der Waals surface area contributed by atoms with Crippen molar-refractivity contribution in [2.45, 2.75) is 26.7 Å². The molecule has 1 aliphatic rings. The number of nitrogens with zero attached hydrogens (tertiary/aromatic N) is 2. The van der Waals surface area contributed by atoms with Crippen molar-refractivity contribution >= 4 is 11.7 Å². The zero-order chi connectivity index (χ0) is 11.8. The first-order chi connectivity index (χ1) is 7.49. The van der Waals surface area contributed by atoms with Crippen LogP contribution in [0.4, 0.5) is 5.82 Å². The minimum absolute atomic E-state index is 0.0123. The molecule has 2 rings (SSSR count). The quantitative estimate of drug-likeness (QED) is 0.751. The van der Waals surface area contributed by atoms with E-state index in [1.165, 1.54) is 6.20 Å². The molecule has 0 aliphatic carbocycles. The molecule has 0 atom stereocenters. The lowest BCUT2D eigenvalue weighted by Gasteiger charge is -2.36. The van der Waals surface area contributed by atoms with E-state index in [1.807, 2.05) is 4.90 Å². The van der Waals surface area contributed by atoms with Crippen LogP contribution in [-0.4, -0.2) is 34.1 Å². The molecule has 3 N–H and O–H groups in total. The summed E-state index contributed by atoms with van der Waals surface area (Å²) in [5.41, 5.74) is 6.47. The van der Waals surface area contributed by atoms with Gasteiger partial charge in [0.25, 0.3) is 5.91 Å². The Morgan fingerprint density at radius 2 is 2.12 bits per heavy atom. The van der Waals surface area contributed by atoms with Gasteiger partial charge in [-0.1, -0.05) is 13.8 Å². The third-order valence-electron chi connectivity index (χ3n) is 3.30. The summed E-state index contributed by atoms with van der Waals surface area (Å²) in [6.07, 6.45) is 3.57. The van der Waals surface area contributed by atoms with Gasteiger partial charge < -0.3 is 10.6 Å². The number of amides is 1. The molecule has 88 valence electrons. The Morgan fingerprint density at radius 1 is 1.50 bits per heavy atom. The Labute approximate surface area is 95.0 Å². The molecule has 1 amide bonds. The third kappa shape index (κ3) is 2.03. The van der Waals surface area contributed by atoms with Gasteiger partial charge in [0.2, 0.25) is 0 Å². The van der Waals surface area contributed by atoms with Crippen LogP contribution in [0.3, 0.4) is 0 Å². The van der Waals surface area contributed by atoms with E-state index in [0.717, 1.165) is 25.9 Å². The Bertz CT molecular complexity index is 386. The lowest BCUT2D eigenvalue weighted by atomic mass is 9.82. The van der Waals surface area contributed by atoms with Crippen LogP contribution < -0.4 is 5.73 Å². The maximum atomic E-state index is 12.1. The number of nitrogens with one attached hydrogen (secondary N) is 1. The van der Waals surface area contributed by atoms with E-state index < -0.39 is 0 Å². The van der Waals surface area contributed by atoms with Crippen LogP contribution in [0.5, 0.6) is 0 Å². The average molecular weight is 222 g/mol. The highest BCUT2D eigenvalue weighted by molar-refractivity contribution is 5.98. The second kappa shape index (κ2) is 3.81. The molecular weight excluding hydrogens is 204 g/mol. The van der Waals surface area contributed by atoms with Crippen molar-refractivity contribution in [1.29, 1.82) is 0 Å². The average Bonchev–Trinajstić information content (AvgIpc) is 2.63. The number of H-pyrrole nitrogens is 1. The third-order valence-corrected chi connectivity index (χ3v) is 3.30. The van der Waals surface area contributed by atoms with Crippen molar-refractivity contribution in [3.63, 3.8) is 0 Å². The van der Waals surface area contributed by atoms with E-state index in [4.69, 9.17) is 5.73 Å². The molecule has 5 heteroatoms. The fraction of sp³-hybridized carbons (Fsp3) is 0.636. The molecular formula is C11H18N4O. The van der Waals surface area contributed by atoms with Gasteiger partial charge in [-0.15, -0.1) is 0 Å². The van der Waals surface area contributed by atoms with Crippen LogP contribution in [0.2, 0.25) is 0 Å². The molecule has 0 bridgehead atoms. The normalized spacial score (nSPS) is 19.8. The van der Waals surface area contributed by atoms with Gasteiger partial charge in [0, 0.05) is 13.1 Å². The van der Waals surface area contributed by atoms with E-state index in [9.17, 15) is 4.79 Å². The lowest BCUT2D eigenvalue weighted by molar-refractivity contribution is 0.0631. The molecule has 1 aromatic rings. The summed E-state index contributed by atoms with van der Waals surface area (Å²) in [5, 5.41) is 6.35. The summed E-state index contributed by atoms with van der Waals surface area (Å²) >= 11 is 0. The number of carbonyl (C=O) groups is 1. The minimum atomic E-state index is -0.0123. The molecule has 16 heavy (non-hydrogen) atoms. The number of nitrogen functional groups attached to an aromatic ring is 1. The van der Waals surface area contributed by atoms with Gasteiger partial charge in [0.1, 0.15) is 11.4 Å². The van der Waals surface area contributed by atoms with Crippen molar-refractivity contribution in [1.82, 2.24) is 15.1 Å². The van der Waals surface area contributed by atoms with E-state index in [1.54, 1.807) is 0 Å². The van der Waals surface area contributed by atoms with Crippen molar-refractivity contribution in [2.24, 2.45) is 5.41 Å². The zero-order valence-electron chi connectivity index (χ0n) is 9.79. The van der Waals surface area contributed by atoms with Gasteiger partial charge in [-0.2, -0.15) is 5.10 Å². The summed E-state index contributed by atoms with van der Waals surface area (Å²) in [7, 11) is 0. The van der Waals surface area contributed by atoms with Gasteiger partial charge >= 0.3 is 0 Å². The highest BCUT2D eigenvalue weighted by Gasteiger charge is 2.29. The largest absolute Gasteiger partial charge is 0.383 e. The molecule has 1 aliphatic heterocycles. The molecule has 1 saturated heterocycles. The van der Waals surface area contributed by atoms with Crippen LogP contribution in [0, 0.1) is 5.41 Å². The van der Waals surface area contributed by atoms with Crippen molar-refractivity contribution in [3.8, 4) is 0 Å². The van der Waals surface area contributed by atoms with Crippen molar-refractivity contribution in [2.75, 3.05) is 18.8 Å². The molecule has 0 spiro atoms. The van der Waals surface area contributed by atoms with Gasteiger partial charge in [0.05, 0.1) is 6.20 Å². The summed E-state index contributed by atoms with van der Waals surface area (Å²) in [6.45, 7) is 6.08. The molecule has 1 fully saturated rings. The number of carbonyl (C=O) groups excluding carboxylic acids is 1. The number of hydrogen-bond acceptors (Lipinski definition) is 3. The van der Waals surface area contributed by atoms with Gasteiger partial charge in [-0.05, 0) is 18.3 Å². The second-order valence-electron chi connectivity index (χ2n) is 5.15. The van der Waals surface area contributed by atoms with Gasteiger partial charge in [-0.3, -0.25) is 9.89 Å². The molecule has 2 heterocycles. The van der Waals surface area contributed by atoms with Crippen LogP contribution in [-0.2, 0) is 0 Å². The van der Waals surface area contributed by atoms with Crippen LogP contribution in [0.25, 0.3) is 0 Å². The Morgan fingerprint density at radius 3 is 2.62 bits per heavy atom. The zero-order valence-corrected chi connectivity index (χ0v) is 9.79. The first kappa shape index (κ1) is 11.0. The number of aromatic nitrogens is 2. The SMILES string of the molecule is CC1(C)CCN(C(=O)c2cn[nH]c2N)CC1. The topological polar surface area (TPSA) is 75.0 Å². The van der Waals surface area contributed by atoms with E-state index in [0.29, 0.717) is 16.8 Å². The number of aromatic amines is 1. The number of anilines is 1. The van der Waals surface area contributed by atoms with E-state index in [-0.39, 0.29) is 5.91 Å². The maximum absolute atomic E-state index is 12.1.